The Morgan fingerprint density at radius 2 is 1.84 bits per heavy atom. The zero-order chi connectivity index (χ0) is 13.0. The van der Waals surface area contributed by atoms with Crippen molar-refractivity contribution < 1.29 is 0 Å². The normalized spacial score (nSPS) is 9.68. The molecule has 0 amide bonds. The van der Waals surface area contributed by atoms with Gasteiger partial charge in [0, 0.05) is 13.1 Å². The van der Waals surface area contributed by atoms with E-state index < -0.39 is 0 Å². The molecule has 1 aromatic heterocycles. The second-order valence-corrected chi connectivity index (χ2v) is 3.89. The first-order valence-electron chi connectivity index (χ1n) is 5.72. The van der Waals surface area contributed by atoms with Gasteiger partial charge in [-0.3, -0.25) is 9.78 Å². The molecule has 100 valence electrons. The molecule has 0 bridgehead atoms. The lowest BCUT2D eigenvalue weighted by Gasteiger charge is -2.19. The Kier molecular flexibility index (Phi) is 5.33. The van der Waals surface area contributed by atoms with E-state index in [9.17, 15) is 4.79 Å². The van der Waals surface area contributed by atoms with Crippen molar-refractivity contribution in [1.29, 1.82) is 0 Å². The van der Waals surface area contributed by atoms with Crippen LogP contribution in [0, 0.1) is 0 Å². The molecular weight excluding hydrogens is 262 g/mol. The number of hydrogen-bond donors (Lipinski definition) is 1. The van der Waals surface area contributed by atoms with Gasteiger partial charge in [-0.15, -0.1) is 25.6 Å². The summed E-state index contributed by atoms with van der Waals surface area (Å²) >= 11 is 0. The highest BCUT2D eigenvalue weighted by Crippen LogP contribution is 2.11. The SMILES string of the molecule is C=CCN(CC=C)c1nc2ccccc2c(=O)[nH]1.Cl. The van der Waals surface area contributed by atoms with Crippen molar-refractivity contribution >= 4 is 29.3 Å². The predicted octanol–water partition coefficient (Wildman–Crippen LogP) is 2.52. The van der Waals surface area contributed by atoms with Crippen LogP contribution < -0.4 is 10.5 Å². The fourth-order valence-corrected chi connectivity index (χ4v) is 1.78. The number of halogens is 1. The van der Waals surface area contributed by atoms with Gasteiger partial charge in [-0.1, -0.05) is 24.3 Å². The highest BCUT2D eigenvalue weighted by Gasteiger charge is 2.08. The summed E-state index contributed by atoms with van der Waals surface area (Å²) in [5, 5.41) is 0.596. The summed E-state index contributed by atoms with van der Waals surface area (Å²) in [6, 6.07) is 7.28. The van der Waals surface area contributed by atoms with Crippen LogP contribution in [0.25, 0.3) is 10.9 Å². The van der Waals surface area contributed by atoms with Crippen LogP contribution in [-0.2, 0) is 0 Å². The van der Waals surface area contributed by atoms with Gasteiger partial charge < -0.3 is 4.90 Å². The number of aromatic amines is 1. The minimum Gasteiger partial charge on any atom is -0.335 e. The van der Waals surface area contributed by atoms with E-state index >= 15 is 0 Å². The molecule has 0 aliphatic carbocycles. The van der Waals surface area contributed by atoms with Gasteiger partial charge in [0.2, 0.25) is 5.95 Å². The van der Waals surface area contributed by atoms with Crippen LogP contribution in [-0.4, -0.2) is 23.1 Å². The number of benzene rings is 1. The van der Waals surface area contributed by atoms with E-state index in [1.54, 1.807) is 18.2 Å². The number of anilines is 1. The van der Waals surface area contributed by atoms with Crippen molar-refractivity contribution in [1.82, 2.24) is 9.97 Å². The second kappa shape index (κ2) is 6.75. The number of hydrogen-bond acceptors (Lipinski definition) is 3. The quantitative estimate of drug-likeness (QED) is 0.855. The van der Waals surface area contributed by atoms with Crippen LogP contribution >= 0.6 is 12.4 Å². The first kappa shape index (κ1) is 15.0. The van der Waals surface area contributed by atoms with Gasteiger partial charge in [0.05, 0.1) is 10.9 Å². The average Bonchev–Trinajstić information content (AvgIpc) is 2.38. The van der Waals surface area contributed by atoms with E-state index in [0.29, 0.717) is 29.9 Å². The first-order valence-corrected chi connectivity index (χ1v) is 5.72. The summed E-state index contributed by atoms with van der Waals surface area (Å²) in [6.07, 6.45) is 3.53. The lowest BCUT2D eigenvalue weighted by atomic mass is 10.2. The first-order chi connectivity index (χ1) is 8.76. The molecule has 2 aromatic rings. The molecule has 0 spiro atoms. The lowest BCUT2D eigenvalue weighted by molar-refractivity contribution is 0.891. The molecule has 0 fully saturated rings. The van der Waals surface area contributed by atoms with Crippen LogP contribution in [0.1, 0.15) is 0 Å². The topological polar surface area (TPSA) is 49.0 Å². The molecular formula is C14H16ClN3O. The van der Waals surface area contributed by atoms with Gasteiger partial charge in [-0.05, 0) is 12.1 Å². The van der Waals surface area contributed by atoms with Crippen LogP contribution in [0.3, 0.4) is 0 Å². The monoisotopic (exact) mass is 277 g/mol. The third kappa shape index (κ3) is 3.23. The van der Waals surface area contributed by atoms with Crippen molar-refractivity contribution in [3.05, 3.63) is 59.9 Å². The Bertz CT molecular complexity index is 626. The van der Waals surface area contributed by atoms with Crippen molar-refractivity contribution in [3.8, 4) is 0 Å². The third-order valence-corrected chi connectivity index (χ3v) is 2.60. The van der Waals surface area contributed by atoms with E-state index in [0.717, 1.165) is 0 Å². The molecule has 2 rings (SSSR count). The molecule has 0 atom stereocenters. The van der Waals surface area contributed by atoms with Gasteiger partial charge in [-0.2, -0.15) is 0 Å². The van der Waals surface area contributed by atoms with Crippen LogP contribution in [0.15, 0.2) is 54.4 Å². The van der Waals surface area contributed by atoms with Crippen LogP contribution in [0.5, 0.6) is 0 Å². The number of nitrogens with zero attached hydrogens (tertiary/aromatic N) is 2. The van der Waals surface area contributed by atoms with Gasteiger partial charge in [-0.25, -0.2) is 4.98 Å². The minimum atomic E-state index is -0.131. The summed E-state index contributed by atoms with van der Waals surface area (Å²) in [5.74, 6) is 0.540. The molecule has 0 aliphatic rings. The minimum absolute atomic E-state index is 0. The maximum absolute atomic E-state index is 11.9. The fourth-order valence-electron chi connectivity index (χ4n) is 1.78. The lowest BCUT2D eigenvalue weighted by Crippen LogP contribution is -2.27. The summed E-state index contributed by atoms with van der Waals surface area (Å²) < 4.78 is 0. The number of nitrogens with one attached hydrogen (secondary N) is 1. The number of rotatable bonds is 5. The van der Waals surface area contributed by atoms with Gasteiger partial charge in [0.25, 0.3) is 5.56 Å². The Balaban J connectivity index is 0.00000180. The molecule has 0 radical (unpaired) electrons. The van der Waals surface area contributed by atoms with E-state index in [2.05, 4.69) is 23.1 Å². The Labute approximate surface area is 117 Å². The van der Waals surface area contributed by atoms with Crippen LogP contribution in [0.2, 0.25) is 0 Å². The predicted molar refractivity (Wildman–Crippen MR) is 82.2 cm³/mol. The standard InChI is InChI=1S/C14H15N3O.ClH/c1-3-9-17(10-4-2)14-15-12-8-6-5-7-11(12)13(18)16-14;/h3-8H,1-2,9-10H2,(H,15,16,18);1H. The molecule has 0 saturated heterocycles. The van der Waals surface area contributed by atoms with Crippen molar-refractivity contribution in [2.24, 2.45) is 0 Å². The maximum Gasteiger partial charge on any atom is 0.260 e. The van der Waals surface area contributed by atoms with Gasteiger partial charge in [0.1, 0.15) is 0 Å². The molecule has 0 saturated carbocycles. The Morgan fingerprint density at radius 1 is 1.21 bits per heavy atom. The molecule has 0 unspecified atom stereocenters. The third-order valence-electron chi connectivity index (χ3n) is 2.60. The average molecular weight is 278 g/mol. The number of H-pyrrole nitrogens is 1. The van der Waals surface area contributed by atoms with Gasteiger partial charge >= 0.3 is 0 Å². The molecule has 19 heavy (non-hydrogen) atoms. The summed E-state index contributed by atoms with van der Waals surface area (Å²) in [4.78, 5) is 21.1. The zero-order valence-corrected chi connectivity index (χ0v) is 11.3. The van der Waals surface area contributed by atoms with Crippen molar-refractivity contribution in [3.63, 3.8) is 0 Å². The van der Waals surface area contributed by atoms with Crippen molar-refractivity contribution in [2.75, 3.05) is 18.0 Å². The summed E-state index contributed by atoms with van der Waals surface area (Å²) in [7, 11) is 0. The molecule has 4 nitrogen and oxygen atoms in total. The molecule has 1 N–H and O–H groups in total. The zero-order valence-electron chi connectivity index (χ0n) is 10.5. The molecule has 5 heteroatoms. The number of para-hydroxylation sites is 1. The van der Waals surface area contributed by atoms with E-state index in [1.807, 2.05) is 23.1 Å². The highest BCUT2D eigenvalue weighted by molar-refractivity contribution is 5.85. The Morgan fingerprint density at radius 3 is 2.47 bits per heavy atom. The molecule has 1 aromatic carbocycles. The number of fused-ring (bicyclic) bond motifs is 1. The molecule has 1 heterocycles. The smallest absolute Gasteiger partial charge is 0.260 e. The molecule has 0 aliphatic heterocycles. The maximum atomic E-state index is 11.9. The Hall–Kier alpha value is -2.07. The summed E-state index contributed by atoms with van der Waals surface area (Å²) in [5.41, 5.74) is 0.558. The largest absolute Gasteiger partial charge is 0.335 e. The van der Waals surface area contributed by atoms with E-state index in [1.165, 1.54) is 0 Å². The van der Waals surface area contributed by atoms with Crippen LogP contribution in [0.4, 0.5) is 5.95 Å². The van der Waals surface area contributed by atoms with Crippen molar-refractivity contribution in [2.45, 2.75) is 0 Å². The highest BCUT2D eigenvalue weighted by atomic mass is 35.5. The summed E-state index contributed by atoms with van der Waals surface area (Å²) in [6.45, 7) is 8.60. The van der Waals surface area contributed by atoms with Gasteiger partial charge in [0.15, 0.2) is 0 Å². The second-order valence-electron chi connectivity index (χ2n) is 3.89. The van der Waals surface area contributed by atoms with E-state index in [4.69, 9.17) is 0 Å². The van der Waals surface area contributed by atoms with E-state index in [-0.39, 0.29) is 18.0 Å². The fraction of sp³-hybridized carbons (Fsp3) is 0.143. The number of aromatic nitrogens is 2.